The van der Waals surface area contributed by atoms with Crippen LogP contribution in [-0.4, -0.2) is 24.7 Å². The molecule has 4 aromatic rings. The molecule has 152 valence electrons. The van der Waals surface area contributed by atoms with Gasteiger partial charge in [0.05, 0.1) is 6.33 Å². The van der Waals surface area contributed by atoms with Crippen molar-refractivity contribution in [3.63, 3.8) is 0 Å². The van der Waals surface area contributed by atoms with Crippen molar-refractivity contribution in [1.29, 1.82) is 0 Å². The van der Waals surface area contributed by atoms with Crippen molar-refractivity contribution in [2.24, 2.45) is 14.1 Å². The van der Waals surface area contributed by atoms with Crippen molar-refractivity contribution in [3.05, 3.63) is 92.9 Å². The molecule has 0 radical (unpaired) electrons. The molecule has 0 aliphatic rings. The Hall–Kier alpha value is -3.94. The fraction of sp³-hybridized carbons (Fsp3) is 0.182. The predicted molar refractivity (Wildman–Crippen MR) is 112 cm³/mol. The van der Waals surface area contributed by atoms with Crippen molar-refractivity contribution in [1.82, 2.24) is 18.7 Å². The molecule has 0 fully saturated rings. The third-order valence-electron chi connectivity index (χ3n) is 4.92. The van der Waals surface area contributed by atoms with Gasteiger partial charge in [-0.15, -0.1) is 0 Å². The second-order valence-corrected chi connectivity index (χ2v) is 7.00. The van der Waals surface area contributed by atoms with Crippen molar-refractivity contribution in [2.45, 2.75) is 13.0 Å². The smallest absolute Gasteiger partial charge is 0.333 e. The number of carbonyl (C=O) groups excluding carboxylic acids is 1. The molecular formula is C22H20N4O4. The average Bonchev–Trinajstić information content (AvgIpc) is 3.13. The number of imidazole rings is 1. The van der Waals surface area contributed by atoms with Crippen LogP contribution in [0.4, 0.5) is 0 Å². The zero-order chi connectivity index (χ0) is 21.3. The number of aryl methyl sites for hydroxylation is 2. The molecule has 0 saturated heterocycles. The molecule has 0 saturated carbocycles. The van der Waals surface area contributed by atoms with Gasteiger partial charge in [0.15, 0.2) is 11.2 Å². The Kier molecular flexibility index (Phi) is 5.05. The normalized spacial score (nSPS) is 11.0. The van der Waals surface area contributed by atoms with Crippen LogP contribution in [0.1, 0.15) is 11.1 Å². The molecule has 8 nitrogen and oxygen atoms in total. The molecular weight excluding hydrogens is 384 g/mol. The minimum atomic E-state index is -0.698. The number of hydrogen-bond acceptors (Lipinski definition) is 5. The predicted octanol–water partition coefficient (Wildman–Crippen LogP) is 1.63. The van der Waals surface area contributed by atoms with E-state index in [-0.39, 0.29) is 11.2 Å². The number of nitrogens with zero attached hydrogens (tertiary/aromatic N) is 4. The molecule has 0 aliphatic carbocycles. The van der Waals surface area contributed by atoms with E-state index in [0.717, 1.165) is 15.7 Å². The van der Waals surface area contributed by atoms with E-state index in [1.54, 1.807) is 19.2 Å². The van der Waals surface area contributed by atoms with Crippen LogP contribution in [0.3, 0.4) is 0 Å². The highest BCUT2D eigenvalue weighted by atomic mass is 16.5. The summed E-state index contributed by atoms with van der Waals surface area (Å²) in [6.45, 7) is -0.494. The summed E-state index contributed by atoms with van der Waals surface area (Å²) in [6.07, 6.45) is 2.04. The number of carbonyl (C=O) groups is 1. The number of esters is 1. The highest BCUT2D eigenvalue weighted by molar-refractivity contribution is 5.74. The molecule has 0 bridgehead atoms. The zero-order valence-electron chi connectivity index (χ0n) is 16.6. The molecule has 8 heteroatoms. The third-order valence-corrected chi connectivity index (χ3v) is 4.92. The van der Waals surface area contributed by atoms with Crippen LogP contribution in [0, 0.1) is 0 Å². The van der Waals surface area contributed by atoms with E-state index in [9.17, 15) is 14.4 Å². The van der Waals surface area contributed by atoms with Gasteiger partial charge in [0, 0.05) is 20.5 Å². The summed E-state index contributed by atoms with van der Waals surface area (Å²) in [5.74, 6) is -0.297. The van der Waals surface area contributed by atoms with E-state index in [1.807, 2.05) is 42.5 Å². The second kappa shape index (κ2) is 7.82. The van der Waals surface area contributed by atoms with Crippen LogP contribution >= 0.6 is 0 Å². The van der Waals surface area contributed by atoms with E-state index in [4.69, 9.17) is 4.74 Å². The van der Waals surface area contributed by atoms with Gasteiger partial charge in [0.25, 0.3) is 5.56 Å². The standard InChI is InChI=1S/C22H20N4O4/c1-24-14-23-20-19(24)21(28)26(22(29)25(20)2)13-18(27)30-17-11-7-6-10-16(17)12-15-8-4-3-5-9-15/h3-11,14H,12-13H2,1-2H3. The lowest BCUT2D eigenvalue weighted by Crippen LogP contribution is -2.42. The Labute approximate surface area is 171 Å². The van der Waals surface area contributed by atoms with Gasteiger partial charge in [-0.2, -0.15) is 0 Å². The molecule has 0 unspecified atom stereocenters. The molecule has 0 spiro atoms. The van der Waals surface area contributed by atoms with Crippen molar-refractivity contribution < 1.29 is 9.53 Å². The van der Waals surface area contributed by atoms with Gasteiger partial charge in [-0.25, -0.2) is 19.1 Å². The lowest BCUT2D eigenvalue weighted by molar-refractivity contribution is -0.135. The first-order chi connectivity index (χ1) is 14.5. The average molecular weight is 404 g/mol. The number of fused-ring (bicyclic) bond motifs is 1. The third kappa shape index (κ3) is 3.55. The number of rotatable bonds is 5. The molecule has 0 amide bonds. The first-order valence-electron chi connectivity index (χ1n) is 9.39. The Morgan fingerprint density at radius 1 is 1.00 bits per heavy atom. The van der Waals surface area contributed by atoms with Crippen molar-refractivity contribution in [2.75, 3.05) is 0 Å². The second-order valence-electron chi connectivity index (χ2n) is 7.00. The molecule has 4 rings (SSSR count). The molecule has 2 heterocycles. The summed E-state index contributed by atoms with van der Waals surface area (Å²) in [6, 6.07) is 17.0. The minimum absolute atomic E-state index is 0.245. The largest absolute Gasteiger partial charge is 0.425 e. The monoisotopic (exact) mass is 404 g/mol. The van der Waals surface area contributed by atoms with Gasteiger partial charge in [-0.3, -0.25) is 9.36 Å². The van der Waals surface area contributed by atoms with Crippen LogP contribution in [0.5, 0.6) is 5.75 Å². The summed E-state index contributed by atoms with van der Waals surface area (Å²) in [4.78, 5) is 42.0. The number of ether oxygens (including phenoxy) is 1. The molecule has 0 atom stereocenters. The van der Waals surface area contributed by atoms with Crippen LogP contribution in [0.2, 0.25) is 0 Å². The van der Waals surface area contributed by atoms with Gasteiger partial charge in [-0.05, 0) is 17.2 Å². The minimum Gasteiger partial charge on any atom is -0.425 e. The maximum absolute atomic E-state index is 12.8. The fourth-order valence-electron chi connectivity index (χ4n) is 3.38. The zero-order valence-corrected chi connectivity index (χ0v) is 16.6. The molecule has 0 aliphatic heterocycles. The lowest BCUT2D eigenvalue weighted by atomic mass is 10.0. The highest BCUT2D eigenvalue weighted by Crippen LogP contribution is 2.21. The Morgan fingerprint density at radius 3 is 2.47 bits per heavy atom. The Balaban J connectivity index is 1.62. The van der Waals surface area contributed by atoms with E-state index in [2.05, 4.69) is 4.98 Å². The Morgan fingerprint density at radius 2 is 1.70 bits per heavy atom. The van der Waals surface area contributed by atoms with E-state index < -0.39 is 23.8 Å². The molecule has 0 N–H and O–H groups in total. The summed E-state index contributed by atoms with van der Waals surface area (Å²) in [7, 11) is 3.16. The van der Waals surface area contributed by atoms with Gasteiger partial charge in [-0.1, -0.05) is 48.5 Å². The number of benzene rings is 2. The summed E-state index contributed by atoms with van der Waals surface area (Å²) < 4.78 is 9.16. The summed E-state index contributed by atoms with van der Waals surface area (Å²) >= 11 is 0. The van der Waals surface area contributed by atoms with Crippen LogP contribution in [0.25, 0.3) is 11.2 Å². The first-order valence-corrected chi connectivity index (χ1v) is 9.39. The highest BCUT2D eigenvalue weighted by Gasteiger charge is 2.18. The maximum atomic E-state index is 12.8. The quantitative estimate of drug-likeness (QED) is 0.373. The van der Waals surface area contributed by atoms with E-state index in [0.29, 0.717) is 12.2 Å². The molecule has 30 heavy (non-hydrogen) atoms. The van der Waals surface area contributed by atoms with Gasteiger partial charge in [0.1, 0.15) is 12.3 Å². The SMILES string of the molecule is Cn1cnc2c1c(=O)n(CC(=O)Oc1ccccc1Cc1ccccc1)c(=O)n2C. The molecule has 2 aromatic heterocycles. The van der Waals surface area contributed by atoms with E-state index in [1.165, 1.54) is 22.5 Å². The summed E-state index contributed by atoms with van der Waals surface area (Å²) in [5.41, 5.74) is 1.22. The first kappa shape index (κ1) is 19.4. The Bertz CT molecular complexity index is 1350. The van der Waals surface area contributed by atoms with Gasteiger partial charge >= 0.3 is 11.7 Å². The lowest BCUT2D eigenvalue weighted by Gasteiger charge is -2.12. The number of hydrogen-bond donors (Lipinski definition) is 0. The van der Waals surface area contributed by atoms with Crippen molar-refractivity contribution in [3.8, 4) is 5.75 Å². The topological polar surface area (TPSA) is 88.1 Å². The van der Waals surface area contributed by atoms with Gasteiger partial charge in [0.2, 0.25) is 0 Å². The van der Waals surface area contributed by atoms with Crippen molar-refractivity contribution >= 4 is 17.1 Å². The number of para-hydroxylation sites is 1. The van der Waals surface area contributed by atoms with E-state index >= 15 is 0 Å². The molecule has 2 aromatic carbocycles. The van der Waals surface area contributed by atoms with Crippen LogP contribution < -0.4 is 16.0 Å². The number of aromatic nitrogens is 4. The van der Waals surface area contributed by atoms with Gasteiger partial charge < -0.3 is 9.30 Å². The van der Waals surface area contributed by atoms with Crippen LogP contribution in [-0.2, 0) is 31.9 Å². The summed E-state index contributed by atoms with van der Waals surface area (Å²) in [5, 5.41) is 0. The fourth-order valence-corrected chi connectivity index (χ4v) is 3.38. The maximum Gasteiger partial charge on any atom is 0.333 e. The van der Waals surface area contributed by atoms with Crippen LogP contribution in [0.15, 0.2) is 70.5 Å².